The summed E-state index contributed by atoms with van der Waals surface area (Å²) in [4.78, 5) is 22.5. The summed E-state index contributed by atoms with van der Waals surface area (Å²) < 4.78 is 2.27. The van der Waals surface area contributed by atoms with Crippen molar-refractivity contribution in [2.75, 3.05) is 26.2 Å². The second-order valence-electron chi connectivity index (χ2n) is 8.63. The number of aromatic nitrogens is 2. The average molecular weight is 342 g/mol. The van der Waals surface area contributed by atoms with Gasteiger partial charge in [-0.15, -0.1) is 0 Å². The van der Waals surface area contributed by atoms with E-state index in [9.17, 15) is 4.79 Å². The molecule has 1 saturated heterocycles. The number of carbonyl (C=O) groups excluding carboxylic acids is 1. The highest BCUT2D eigenvalue weighted by molar-refractivity contribution is 5.93. The van der Waals surface area contributed by atoms with Crippen LogP contribution >= 0.6 is 0 Å². The van der Waals surface area contributed by atoms with E-state index in [-0.39, 0.29) is 5.91 Å². The molecule has 1 aromatic rings. The van der Waals surface area contributed by atoms with Crippen molar-refractivity contribution in [3.8, 4) is 0 Å². The molecule has 2 aliphatic carbocycles. The summed E-state index contributed by atoms with van der Waals surface area (Å²) in [6.45, 7) is 6.91. The largest absolute Gasteiger partial charge is 0.335 e. The van der Waals surface area contributed by atoms with Gasteiger partial charge in [0.1, 0.15) is 11.5 Å². The van der Waals surface area contributed by atoms with E-state index in [0.29, 0.717) is 0 Å². The van der Waals surface area contributed by atoms with Crippen molar-refractivity contribution < 1.29 is 4.79 Å². The fraction of sp³-hybridized carbons (Fsp3) is 0.800. The Hall–Kier alpha value is -1.36. The first-order valence-electron chi connectivity index (χ1n) is 10.3. The SMILES string of the molecule is Cc1nc(C(=O)N2CCN([C@H]3C[C@H]4CC[C@H]3C4)CC2)c2n1CCCC2. The molecule has 2 bridgehead atoms. The fourth-order valence-corrected chi connectivity index (χ4v) is 5.96. The number of carbonyl (C=O) groups is 1. The van der Waals surface area contributed by atoms with Crippen LogP contribution in [0, 0.1) is 18.8 Å². The van der Waals surface area contributed by atoms with E-state index in [1.54, 1.807) is 0 Å². The van der Waals surface area contributed by atoms with Crippen LogP contribution in [0.25, 0.3) is 0 Å². The second-order valence-corrected chi connectivity index (χ2v) is 8.63. The lowest BCUT2D eigenvalue weighted by Crippen LogP contribution is -2.53. The third-order valence-electron chi connectivity index (χ3n) is 7.28. The van der Waals surface area contributed by atoms with Gasteiger partial charge in [0, 0.05) is 38.8 Å². The molecule has 2 aliphatic heterocycles. The summed E-state index contributed by atoms with van der Waals surface area (Å²) in [5.74, 6) is 3.12. The maximum atomic E-state index is 13.1. The van der Waals surface area contributed by atoms with Gasteiger partial charge in [0.05, 0.1) is 5.69 Å². The Morgan fingerprint density at radius 2 is 1.88 bits per heavy atom. The number of imidazole rings is 1. The van der Waals surface area contributed by atoms with Crippen molar-refractivity contribution in [1.29, 1.82) is 0 Å². The zero-order chi connectivity index (χ0) is 17.0. The highest BCUT2D eigenvalue weighted by atomic mass is 16.2. The Labute approximate surface area is 150 Å². The lowest BCUT2D eigenvalue weighted by Gasteiger charge is -2.41. The molecule has 5 nitrogen and oxygen atoms in total. The molecule has 136 valence electrons. The Morgan fingerprint density at radius 3 is 2.60 bits per heavy atom. The van der Waals surface area contributed by atoms with Gasteiger partial charge in [-0.2, -0.15) is 0 Å². The van der Waals surface area contributed by atoms with E-state index in [2.05, 4.69) is 19.4 Å². The summed E-state index contributed by atoms with van der Waals surface area (Å²) in [5.41, 5.74) is 1.93. The summed E-state index contributed by atoms with van der Waals surface area (Å²) in [6, 6.07) is 0.804. The van der Waals surface area contributed by atoms with Crippen LogP contribution in [0.1, 0.15) is 60.5 Å². The standard InChI is InChI=1S/C20H30N4O/c1-14-21-19(17-4-2-3-7-24(14)17)20(25)23-10-8-22(9-11-23)18-13-15-5-6-16(18)12-15/h15-16,18H,2-13H2,1H3/t15-,16-,18-/m0/s1. The van der Waals surface area contributed by atoms with E-state index >= 15 is 0 Å². The summed E-state index contributed by atoms with van der Waals surface area (Å²) in [6.07, 6.45) is 9.17. The lowest BCUT2D eigenvalue weighted by molar-refractivity contribution is 0.0490. The Morgan fingerprint density at radius 1 is 1.04 bits per heavy atom. The van der Waals surface area contributed by atoms with Gasteiger partial charge in [-0.3, -0.25) is 9.69 Å². The van der Waals surface area contributed by atoms with Crippen molar-refractivity contribution in [2.24, 2.45) is 11.8 Å². The Balaban J connectivity index is 1.26. The maximum absolute atomic E-state index is 13.1. The minimum absolute atomic E-state index is 0.173. The van der Waals surface area contributed by atoms with E-state index in [1.807, 2.05) is 6.92 Å². The highest BCUT2D eigenvalue weighted by Crippen LogP contribution is 2.46. The molecule has 5 heteroatoms. The number of nitrogens with zero attached hydrogens (tertiary/aromatic N) is 4. The van der Waals surface area contributed by atoms with Crippen molar-refractivity contribution in [3.63, 3.8) is 0 Å². The predicted molar refractivity (Wildman–Crippen MR) is 96.6 cm³/mol. The van der Waals surface area contributed by atoms with E-state index in [4.69, 9.17) is 0 Å². The third kappa shape index (κ3) is 2.62. The molecule has 0 N–H and O–H groups in total. The smallest absolute Gasteiger partial charge is 0.274 e. The van der Waals surface area contributed by atoms with Gasteiger partial charge in [0.25, 0.3) is 5.91 Å². The van der Waals surface area contributed by atoms with Crippen LogP contribution in [0.5, 0.6) is 0 Å². The first kappa shape index (κ1) is 15.9. The number of piperazine rings is 1. The average Bonchev–Trinajstić information content (AvgIpc) is 3.36. The molecule has 5 rings (SSSR count). The first-order valence-corrected chi connectivity index (χ1v) is 10.3. The molecule has 0 aromatic carbocycles. The second kappa shape index (κ2) is 6.11. The van der Waals surface area contributed by atoms with Gasteiger partial charge in [-0.25, -0.2) is 4.98 Å². The zero-order valence-electron chi connectivity index (χ0n) is 15.4. The minimum atomic E-state index is 0.173. The highest BCUT2D eigenvalue weighted by Gasteiger charge is 2.43. The molecular weight excluding hydrogens is 312 g/mol. The van der Waals surface area contributed by atoms with Crippen LogP contribution < -0.4 is 0 Å². The molecular formula is C20H30N4O. The topological polar surface area (TPSA) is 41.4 Å². The third-order valence-corrected chi connectivity index (χ3v) is 7.28. The quantitative estimate of drug-likeness (QED) is 0.829. The van der Waals surface area contributed by atoms with Gasteiger partial charge in [-0.05, 0) is 57.3 Å². The summed E-state index contributed by atoms with van der Waals surface area (Å²) in [7, 11) is 0. The molecule has 3 atom stereocenters. The van der Waals surface area contributed by atoms with Gasteiger partial charge in [-0.1, -0.05) is 6.42 Å². The predicted octanol–water partition coefficient (Wildman–Crippen LogP) is 2.47. The molecule has 25 heavy (non-hydrogen) atoms. The molecule has 3 heterocycles. The van der Waals surface area contributed by atoms with Gasteiger partial charge in [0.15, 0.2) is 0 Å². The van der Waals surface area contributed by atoms with Crippen molar-refractivity contribution in [2.45, 2.75) is 64.5 Å². The van der Waals surface area contributed by atoms with Crippen molar-refractivity contribution in [1.82, 2.24) is 19.4 Å². The van der Waals surface area contributed by atoms with Crippen molar-refractivity contribution in [3.05, 3.63) is 17.2 Å². The summed E-state index contributed by atoms with van der Waals surface area (Å²) >= 11 is 0. The van der Waals surface area contributed by atoms with E-state index in [1.165, 1.54) is 44.2 Å². The molecule has 1 aromatic heterocycles. The van der Waals surface area contributed by atoms with Gasteiger partial charge in [0.2, 0.25) is 0 Å². The zero-order valence-corrected chi connectivity index (χ0v) is 15.4. The normalized spacial score (nSPS) is 32.2. The fourth-order valence-electron chi connectivity index (χ4n) is 5.96. The molecule has 1 amide bonds. The monoisotopic (exact) mass is 342 g/mol. The Kier molecular flexibility index (Phi) is 3.88. The lowest BCUT2D eigenvalue weighted by atomic mass is 9.93. The molecule has 2 saturated carbocycles. The van der Waals surface area contributed by atoms with E-state index in [0.717, 1.165) is 68.5 Å². The molecule has 4 aliphatic rings. The molecule has 0 radical (unpaired) electrons. The number of amides is 1. The summed E-state index contributed by atoms with van der Waals surface area (Å²) in [5, 5.41) is 0. The number of fused-ring (bicyclic) bond motifs is 3. The van der Waals surface area contributed by atoms with Crippen LogP contribution in [0.15, 0.2) is 0 Å². The van der Waals surface area contributed by atoms with Gasteiger partial charge >= 0.3 is 0 Å². The van der Waals surface area contributed by atoms with Crippen LogP contribution in [0.2, 0.25) is 0 Å². The van der Waals surface area contributed by atoms with Crippen LogP contribution in [-0.2, 0) is 13.0 Å². The molecule has 3 fully saturated rings. The van der Waals surface area contributed by atoms with Crippen LogP contribution in [0.3, 0.4) is 0 Å². The Bertz CT molecular complexity index is 673. The number of aryl methyl sites for hydroxylation is 1. The minimum Gasteiger partial charge on any atom is -0.335 e. The number of hydrogen-bond donors (Lipinski definition) is 0. The first-order chi connectivity index (χ1) is 12.2. The maximum Gasteiger partial charge on any atom is 0.274 e. The molecule has 0 unspecified atom stereocenters. The van der Waals surface area contributed by atoms with Crippen LogP contribution in [-0.4, -0.2) is 57.5 Å². The van der Waals surface area contributed by atoms with Crippen LogP contribution in [0.4, 0.5) is 0 Å². The van der Waals surface area contributed by atoms with E-state index < -0.39 is 0 Å². The van der Waals surface area contributed by atoms with Crippen molar-refractivity contribution >= 4 is 5.91 Å². The number of hydrogen-bond acceptors (Lipinski definition) is 3. The number of rotatable bonds is 2. The molecule has 0 spiro atoms. The van der Waals surface area contributed by atoms with Gasteiger partial charge < -0.3 is 9.47 Å².